The summed E-state index contributed by atoms with van der Waals surface area (Å²) in [6.45, 7) is 0. The molecule has 0 heterocycles. The van der Waals surface area contributed by atoms with Gasteiger partial charge >= 0.3 is 0 Å². The van der Waals surface area contributed by atoms with Gasteiger partial charge in [0.1, 0.15) is 11.5 Å². The van der Waals surface area contributed by atoms with E-state index >= 15 is 0 Å². The fraction of sp³-hybridized carbons (Fsp3) is 0.133. The van der Waals surface area contributed by atoms with Gasteiger partial charge in [0, 0.05) is 17.3 Å². The zero-order valence-corrected chi connectivity index (χ0v) is 11.6. The summed E-state index contributed by atoms with van der Waals surface area (Å²) in [6.07, 6.45) is 0.188. The second kappa shape index (κ2) is 6.30. The van der Waals surface area contributed by atoms with E-state index in [0.29, 0.717) is 11.4 Å². The molecule has 0 saturated heterocycles. The molecule has 0 aliphatic heterocycles. The summed E-state index contributed by atoms with van der Waals surface area (Å²) < 4.78 is 5.19. The number of methoxy groups -OCH3 is 1. The Morgan fingerprint density at radius 1 is 1.30 bits per heavy atom. The van der Waals surface area contributed by atoms with Crippen LogP contribution >= 0.6 is 11.6 Å². The number of carbonyl (C=O) groups is 1. The lowest BCUT2D eigenvalue weighted by atomic mass is 10.1. The van der Waals surface area contributed by atoms with E-state index in [1.54, 1.807) is 19.2 Å². The minimum atomic E-state index is -0.198. The SMILES string of the molecule is COc1ccccc1CC(=O)Nc1ccc(Cl)c(O)c1. The second-order valence-electron chi connectivity index (χ2n) is 4.20. The van der Waals surface area contributed by atoms with Gasteiger partial charge in [0.05, 0.1) is 18.6 Å². The average molecular weight is 292 g/mol. The van der Waals surface area contributed by atoms with Gasteiger partial charge in [0.2, 0.25) is 5.91 Å². The highest BCUT2D eigenvalue weighted by atomic mass is 35.5. The van der Waals surface area contributed by atoms with E-state index in [4.69, 9.17) is 16.3 Å². The normalized spacial score (nSPS) is 10.1. The van der Waals surface area contributed by atoms with Crippen LogP contribution in [0.15, 0.2) is 42.5 Å². The van der Waals surface area contributed by atoms with Crippen LogP contribution in [-0.2, 0) is 11.2 Å². The first kappa shape index (κ1) is 14.2. The molecular formula is C15H14ClNO3. The average Bonchev–Trinajstić information content (AvgIpc) is 2.43. The Kier molecular flexibility index (Phi) is 4.48. The molecule has 0 saturated carbocycles. The van der Waals surface area contributed by atoms with E-state index in [1.165, 1.54) is 12.1 Å². The maximum Gasteiger partial charge on any atom is 0.228 e. The third-order valence-corrected chi connectivity index (χ3v) is 3.09. The second-order valence-corrected chi connectivity index (χ2v) is 4.61. The third kappa shape index (κ3) is 3.42. The number of halogens is 1. The molecule has 104 valence electrons. The van der Waals surface area contributed by atoms with Crippen LogP contribution < -0.4 is 10.1 Å². The number of carbonyl (C=O) groups excluding carboxylic acids is 1. The van der Waals surface area contributed by atoms with Gasteiger partial charge in [-0.05, 0) is 18.2 Å². The van der Waals surface area contributed by atoms with Crippen LogP contribution in [0.3, 0.4) is 0 Å². The van der Waals surface area contributed by atoms with Crippen LogP contribution in [0.25, 0.3) is 0 Å². The van der Waals surface area contributed by atoms with Gasteiger partial charge in [-0.15, -0.1) is 0 Å². The monoisotopic (exact) mass is 291 g/mol. The summed E-state index contributed by atoms with van der Waals surface area (Å²) >= 11 is 5.71. The van der Waals surface area contributed by atoms with Crippen LogP contribution in [0.5, 0.6) is 11.5 Å². The highest BCUT2D eigenvalue weighted by Gasteiger charge is 2.09. The lowest BCUT2D eigenvalue weighted by Crippen LogP contribution is -2.14. The molecular weight excluding hydrogens is 278 g/mol. The van der Waals surface area contributed by atoms with Crippen molar-refractivity contribution in [2.75, 3.05) is 12.4 Å². The molecule has 0 fully saturated rings. The minimum absolute atomic E-state index is 0.0678. The maximum absolute atomic E-state index is 12.0. The summed E-state index contributed by atoms with van der Waals surface area (Å²) in [4.78, 5) is 12.0. The van der Waals surface area contributed by atoms with Crippen molar-refractivity contribution in [2.24, 2.45) is 0 Å². The number of hydrogen-bond acceptors (Lipinski definition) is 3. The number of rotatable bonds is 4. The number of phenolic OH excluding ortho intramolecular Hbond substituents is 1. The van der Waals surface area contributed by atoms with Gasteiger partial charge in [-0.2, -0.15) is 0 Å². The molecule has 0 unspecified atom stereocenters. The van der Waals surface area contributed by atoms with E-state index in [1.807, 2.05) is 18.2 Å². The van der Waals surface area contributed by atoms with Crippen LogP contribution in [0, 0.1) is 0 Å². The van der Waals surface area contributed by atoms with Gasteiger partial charge in [0.15, 0.2) is 0 Å². The molecule has 1 amide bonds. The predicted molar refractivity (Wildman–Crippen MR) is 78.4 cm³/mol. The number of ether oxygens (including phenoxy) is 1. The molecule has 2 aromatic rings. The Labute approximate surface area is 122 Å². The summed E-state index contributed by atoms with van der Waals surface area (Å²) in [6, 6.07) is 11.9. The lowest BCUT2D eigenvalue weighted by Gasteiger charge is -2.09. The van der Waals surface area contributed by atoms with Crippen molar-refractivity contribution >= 4 is 23.2 Å². The summed E-state index contributed by atoms with van der Waals surface area (Å²) in [5.74, 6) is 0.402. The number of anilines is 1. The molecule has 2 aromatic carbocycles. The molecule has 0 aliphatic rings. The first-order valence-corrected chi connectivity index (χ1v) is 6.38. The van der Waals surface area contributed by atoms with E-state index in [9.17, 15) is 9.90 Å². The van der Waals surface area contributed by atoms with E-state index in [-0.39, 0.29) is 23.1 Å². The van der Waals surface area contributed by atoms with Gasteiger partial charge in [0.25, 0.3) is 0 Å². The molecule has 4 nitrogen and oxygen atoms in total. The van der Waals surface area contributed by atoms with Crippen molar-refractivity contribution < 1.29 is 14.6 Å². The van der Waals surface area contributed by atoms with E-state index in [2.05, 4.69) is 5.32 Å². The standard InChI is InChI=1S/C15H14ClNO3/c1-20-14-5-3-2-4-10(14)8-15(19)17-11-6-7-12(16)13(18)9-11/h2-7,9,18H,8H2,1H3,(H,17,19). The number of hydrogen-bond donors (Lipinski definition) is 2. The van der Waals surface area contributed by atoms with Gasteiger partial charge in [-0.25, -0.2) is 0 Å². The Morgan fingerprint density at radius 3 is 2.75 bits per heavy atom. The van der Waals surface area contributed by atoms with Gasteiger partial charge in [-0.3, -0.25) is 4.79 Å². The summed E-state index contributed by atoms with van der Waals surface area (Å²) in [7, 11) is 1.56. The molecule has 2 rings (SSSR count). The van der Waals surface area contributed by atoms with Crippen LogP contribution in [-0.4, -0.2) is 18.1 Å². The van der Waals surface area contributed by atoms with Crippen molar-refractivity contribution in [3.63, 3.8) is 0 Å². The lowest BCUT2D eigenvalue weighted by molar-refractivity contribution is -0.115. The summed E-state index contributed by atoms with van der Waals surface area (Å²) in [5, 5.41) is 12.4. The summed E-state index contributed by atoms with van der Waals surface area (Å²) in [5.41, 5.74) is 1.29. The number of phenols is 1. The van der Waals surface area contributed by atoms with Gasteiger partial charge < -0.3 is 15.2 Å². The fourth-order valence-corrected chi connectivity index (χ4v) is 1.94. The first-order chi connectivity index (χ1) is 9.60. The molecule has 0 atom stereocenters. The number of para-hydroxylation sites is 1. The number of aromatic hydroxyl groups is 1. The van der Waals surface area contributed by atoms with E-state index < -0.39 is 0 Å². The minimum Gasteiger partial charge on any atom is -0.506 e. The maximum atomic E-state index is 12.0. The Morgan fingerprint density at radius 2 is 2.05 bits per heavy atom. The van der Waals surface area contributed by atoms with Crippen molar-refractivity contribution in [1.29, 1.82) is 0 Å². The Balaban J connectivity index is 2.07. The molecule has 0 spiro atoms. The van der Waals surface area contributed by atoms with Crippen LogP contribution in [0.1, 0.15) is 5.56 Å². The number of amides is 1. The molecule has 0 aromatic heterocycles. The van der Waals surface area contributed by atoms with E-state index in [0.717, 1.165) is 5.56 Å². The highest BCUT2D eigenvalue weighted by molar-refractivity contribution is 6.32. The predicted octanol–water partition coefficient (Wildman–Crippen LogP) is 3.24. The smallest absolute Gasteiger partial charge is 0.228 e. The number of nitrogens with one attached hydrogen (secondary N) is 1. The Bertz CT molecular complexity index is 628. The van der Waals surface area contributed by atoms with Crippen molar-refractivity contribution in [1.82, 2.24) is 0 Å². The highest BCUT2D eigenvalue weighted by Crippen LogP contribution is 2.26. The van der Waals surface area contributed by atoms with Crippen molar-refractivity contribution in [2.45, 2.75) is 6.42 Å². The molecule has 0 bridgehead atoms. The largest absolute Gasteiger partial charge is 0.506 e. The zero-order chi connectivity index (χ0) is 14.5. The third-order valence-electron chi connectivity index (χ3n) is 2.77. The molecule has 0 radical (unpaired) electrons. The molecule has 5 heteroatoms. The van der Waals surface area contributed by atoms with Crippen LogP contribution in [0.4, 0.5) is 5.69 Å². The molecule has 20 heavy (non-hydrogen) atoms. The fourth-order valence-electron chi connectivity index (χ4n) is 1.82. The quantitative estimate of drug-likeness (QED) is 0.909. The number of benzene rings is 2. The van der Waals surface area contributed by atoms with Crippen LogP contribution in [0.2, 0.25) is 5.02 Å². The first-order valence-electron chi connectivity index (χ1n) is 6.00. The zero-order valence-electron chi connectivity index (χ0n) is 10.9. The topological polar surface area (TPSA) is 58.6 Å². The van der Waals surface area contributed by atoms with Gasteiger partial charge in [-0.1, -0.05) is 29.8 Å². The molecule has 2 N–H and O–H groups in total. The Hall–Kier alpha value is -2.20. The molecule has 0 aliphatic carbocycles. The van der Waals surface area contributed by atoms with Crippen molar-refractivity contribution in [3.8, 4) is 11.5 Å². The van der Waals surface area contributed by atoms with Crippen molar-refractivity contribution in [3.05, 3.63) is 53.1 Å².